The van der Waals surface area contributed by atoms with Crippen LogP contribution in [-0.2, 0) is 13.6 Å². The van der Waals surface area contributed by atoms with Crippen LogP contribution in [0.4, 0.5) is 0 Å². The zero-order valence-corrected chi connectivity index (χ0v) is 17.4. The van der Waals surface area contributed by atoms with Crippen LogP contribution in [-0.4, -0.2) is 51.6 Å². The highest BCUT2D eigenvalue weighted by Gasteiger charge is 2.05. The van der Waals surface area contributed by atoms with Gasteiger partial charge >= 0.3 is 0 Å². The van der Waals surface area contributed by atoms with Gasteiger partial charge in [-0.2, -0.15) is 11.8 Å². The number of benzene rings is 1. The molecule has 0 fully saturated rings. The number of hydrogen-bond acceptors (Lipinski definition) is 5. The van der Waals surface area contributed by atoms with Crippen LogP contribution in [0, 0.1) is 6.92 Å². The van der Waals surface area contributed by atoms with E-state index in [-0.39, 0.29) is 0 Å². The van der Waals surface area contributed by atoms with Gasteiger partial charge in [-0.3, -0.25) is 0 Å². The Morgan fingerprint density at radius 2 is 1.88 bits per heavy atom. The van der Waals surface area contributed by atoms with Crippen molar-refractivity contribution in [3.05, 3.63) is 42.0 Å². The lowest BCUT2D eigenvalue weighted by atomic mass is 10.4. The van der Waals surface area contributed by atoms with Crippen LogP contribution >= 0.6 is 23.5 Å². The Morgan fingerprint density at radius 3 is 2.58 bits per heavy atom. The minimum Gasteiger partial charge on any atom is -0.356 e. The molecule has 142 valence electrons. The summed E-state index contributed by atoms with van der Waals surface area (Å²) < 4.78 is 1.97. The van der Waals surface area contributed by atoms with Gasteiger partial charge in [-0.25, -0.2) is 4.99 Å². The van der Waals surface area contributed by atoms with Crippen molar-refractivity contribution in [1.82, 2.24) is 25.4 Å². The Bertz CT molecular complexity index is 672. The maximum Gasteiger partial charge on any atom is 0.191 e. The third-order valence-corrected chi connectivity index (χ3v) is 5.50. The third kappa shape index (κ3) is 7.29. The SMILES string of the molecule is CSCCCNC(=NCc1nnc(C)n1C)NCCSc1ccccc1. The standard InChI is InChI=1S/C18H28N6S2/c1-15-22-23-17(24(15)2)14-21-18(19-10-7-12-25-3)20-11-13-26-16-8-5-4-6-9-16/h4-6,8-9H,7,10-14H2,1-3H3,(H2,19,20,21). The summed E-state index contributed by atoms with van der Waals surface area (Å²) in [6, 6.07) is 10.4. The first-order valence-electron chi connectivity index (χ1n) is 8.74. The summed E-state index contributed by atoms with van der Waals surface area (Å²) in [5.41, 5.74) is 0. The molecule has 0 bridgehead atoms. The Hall–Kier alpha value is -1.67. The first-order chi connectivity index (χ1) is 12.7. The van der Waals surface area contributed by atoms with Gasteiger partial charge in [0, 0.05) is 30.8 Å². The molecule has 0 amide bonds. The van der Waals surface area contributed by atoms with Crippen molar-refractivity contribution in [3.63, 3.8) is 0 Å². The van der Waals surface area contributed by atoms with Crippen molar-refractivity contribution < 1.29 is 0 Å². The lowest BCUT2D eigenvalue weighted by Gasteiger charge is -2.12. The Morgan fingerprint density at radius 1 is 1.12 bits per heavy atom. The fourth-order valence-corrected chi connectivity index (χ4v) is 3.41. The number of nitrogens with one attached hydrogen (secondary N) is 2. The van der Waals surface area contributed by atoms with Crippen molar-refractivity contribution in [2.24, 2.45) is 12.0 Å². The maximum absolute atomic E-state index is 4.67. The van der Waals surface area contributed by atoms with Crippen LogP contribution in [0.1, 0.15) is 18.1 Å². The number of aliphatic imine (C=N–C) groups is 1. The van der Waals surface area contributed by atoms with Crippen molar-refractivity contribution in [2.75, 3.05) is 30.9 Å². The van der Waals surface area contributed by atoms with Crippen LogP contribution < -0.4 is 10.6 Å². The highest BCUT2D eigenvalue weighted by atomic mass is 32.2. The molecular formula is C18H28N6S2. The summed E-state index contributed by atoms with van der Waals surface area (Å²) in [4.78, 5) is 5.95. The monoisotopic (exact) mass is 392 g/mol. The summed E-state index contributed by atoms with van der Waals surface area (Å²) in [5, 5.41) is 15.1. The van der Waals surface area contributed by atoms with E-state index in [0.717, 1.165) is 48.6 Å². The van der Waals surface area contributed by atoms with Crippen molar-refractivity contribution >= 4 is 29.5 Å². The lowest BCUT2D eigenvalue weighted by Crippen LogP contribution is -2.39. The second-order valence-corrected chi connectivity index (χ2v) is 7.90. The third-order valence-electron chi connectivity index (χ3n) is 3.79. The second kappa shape index (κ2) is 11.9. The zero-order valence-electron chi connectivity index (χ0n) is 15.7. The predicted molar refractivity (Wildman–Crippen MR) is 113 cm³/mol. The Labute approximate surface area is 164 Å². The number of nitrogens with zero attached hydrogens (tertiary/aromatic N) is 4. The van der Waals surface area contributed by atoms with Crippen LogP contribution in [0.3, 0.4) is 0 Å². The molecule has 1 aromatic carbocycles. The topological polar surface area (TPSA) is 67.1 Å². The molecule has 0 aliphatic rings. The largest absolute Gasteiger partial charge is 0.356 e. The van der Waals surface area contributed by atoms with Gasteiger partial charge < -0.3 is 15.2 Å². The van der Waals surface area contributed by atoms with Gasteiger partial charge in [0.1, 0.15) is 12.4 Å². The summed E-state index contributed by atoms with van der Waals surface area (Å²) in [5.74, 6) is 4.73. The zero-order chi connectivity index (χ0) is 18.6. The molecule has 26 heavy (non-hydrogen) atoms. The number of rotatable bonds is 10. The van der Waals surface area contributed by atoms with Gasteiger partial charge in [-0.1, -0.05) is 18.2 Å². The van der Waals surface area contributed by atoms with E-state index in [2.05, 4.69) is 56.3 Å². The van der Waals surface area contributed by atoms with Crippen molar-refractivity contribution in [3.8, 4) is 0 Å². The smallest absolute Gasteiger partial charge is 0.191 e. The highest BCUT2D eigenvalue weighted by molar-refractivity contribution is 7.99. The number of hydrogen-bond donors (Lipinski definition) is 2. The van der Waals surface area contributed by atoms with Gasteiger partial charge in [0.15, 0.2) is 11.8 Å². The van der Waals surface area contributed by atoms with E-state index in [1.54, 1.807) is 0 Å². The number of guanidine groups is 1. The van der Waals surface area contributed by atoms with Gasteiger partial charge in [0.2, 0.25) is 0 Å². The van der Waals surface area contributed by atoms with E-state index >= 15 is 0 Å². The molecule has 1 heterocycles. The quantitative estimate of drug-likeness (QED) is 0.280. The molecule has 2 rings (SSSR count). The average molecular weight is 393 g/mol. The second-order valence-electron chi connectivity index (χ2n) is 5.75. The van der Waals surface area contributed by atoms with Gasteiger partial charge in [0.05, 0.1) is 0 Å². The van der Waals surface area contributed by atoms with E-state index in [1.807, 2.05) is 48.1 Å². The van der Waals surface area contributed by atoms with E-state index < -0.39 is 0 Å². The number of aryl methyl sites for hydroxylation is 1. The molecular weight excluding hydrogens is 364 g/mol. The molecule has 6 nitrogen and oxygen atoms in total. The summed E-state index contributed by atoms with van der Waals surface area (Å²) in [7, 11) is 1.97. The molecule has 0 aliphatic carbocycles. The minimum absolute atomic E-state index is 0.515. The highest BCUT2D eigenvalue weighted by Crippen LogP contribution is 2.15. The van der Waals surface area contributed by atoms with E-state index in [4.69, 9.17) is 0 Å². The lowest BCUT2D eigenvalue weighted by molar-refractivity contribution is 0.752. The molecule has 2 aromatic rings. The molecule has 0 atom stereocenters. The first-order valence-corrected chi connectivity index (χ1v) is 11.1. The van der Waals surface area contributed by atoms with E-state index in [0.29, 0.717) is 6.54 Å². The fraction of sp³-hybridized carbons (Fsp3) is 0.500. The van der Waals surface area contributed by atoms with Crippen molar-refractivity contribution in [1.29, 1.82) is 0 Å². The molecule has 0 radical (unpaired) electrons. The van der Waals surface area contributed by atoms with Crippen LogP contribution in [0.5, 0.6) is 0 Å². The Balaban J connectivity index is 1.83. The van der Waals surface area contributed by atoms with Gasteiger partial charge in [-0.15, -0.1) is 22.0 Å². The van der Waals surface area contributed by atoms with Gasteiger partial charge in [-0.05, 0) is 37.5 Å². The summed E-state index contributed by atoms with van der Waals surface area (Å²) in [6.07, 6.45) is 3.24. The summed E-state index contributed by atoms with van der Waals surface area (Å²) >= 11 is 3.70. The van der Waals surface area contributed by atoms with Crippen LogP contribution in [0.2, 0.25) is 0 Å². The number of thioether (sulfide) groups is 2. The molecule has 1 aromatic heterocycles. The van der Waals surface area contributed by atoms with Crippen LogP contribution in [0.25, 0.3) is 0 Å². The average Bonchev–Trinajstić information content (AvgIpc) is 2.98. The van der Waals surface area contributed by atoms with E-state index in [1.165, 1.54) is 4.90 Å². The molecule has 0 unspecified atom stereocenters. The van der Waals surface area contributed by atoms with E-state index in [9.17, 15) is 0 Å². The minimum atomic E-state index is 0.515. The maximum atomic E-state index is 4.67. The fourth-order valence-electron chi connectivity index (χ4n) is 2.19. The van der Waals surface area contributed by atoms with Gasteiger partial charge in [0.25, 0.3) is 0 Å². The molecule has 0 spiro atoms. The molecule has 0 saturated carbocycles. The molecule has 8 heteroatoms. The van der Waals surface area contributed by atoms with Crippen molar-refractivity contribution in [2.45, 2.75) is 24.8 Å². The number of aromatic nitrogens is 3. The Kier molecular flexibility index (Phi) is 9.41. The molecule has 0 saturated heterocycles. The predicted octanol–water partition coefficient (Wildman–Crippen LogP) is 2.70. The molecule has 2 N–H and O–H groups in total. The molecule has 0 aliphatic heterocycles. The van der Waals surface area contributed by atoms with Crippen LogP contribution in [0.15, 0.2) is 40.2 Å². The first kappa shape index (κ1) is 20.6. The normalized spacial score (nSPS) is 11.6. The summed E-state index contributed by atoms with van der Waals surface area (Å²) in [6.45, 7) is 4.23.